The summed E-state index contributed by atoms with van der Waals surface area (Å²) in [6, 6.07) is 15.3. The Morgan fingerprint density at radius 2 is 1.81 bits per heavy atom. The fourth-order valence-electron chi connectivity index (χ4n) is 2.76. The third-order valence-electron chi connectivity index (χ3n) is 4.30. The van der Waals surface area contributed by atoms with Crippen molar-refractivity contribution in [2.24, 2.45) is 4.99 Å². The van der Waals surface area contributed by atoms with E-state index < -0.39 is 11.0 Å². The van der Waals surface area contributed by atoms with Gasteiger partial charge in [-0.3, -0.25) is 10.1 Å². The summed E-state index contributed by atoms with van der Waals surface area (Å²) in [6.45, 7) is 1.89. The van der Waals surface area contributed by atoms with Gasteiger partial charge in [0, 0.05) is 23.4 Å². The molecule has 0 spiro atoms. The number of nitro benzene ring substituents is 1. The van der Waals surface area contributed by atoms with Crippen LogP contribution in [0.2, 0.25) is 10.0 Å². The Morgan fingerprint density at radius 3 is 2.44 bits per heavy atom. The minimum Gasteiger partial charge on any atom is -0.480 e. The van der Waals surface area contributed by atoms with Crippen molar-refractivity contribution < 1.29 is 19.2 Å². The van der Waals surface area contributed by atoms with E-state index in [4.69, 9.17) is 32.7 Å². The largest absolute Gasteiger partial charge is 0.480 e. The van der Waals surface area contributed by atoms with Crippen LogP contribution in [0.15, 0.2) is 65.7 Å². The molecule has 32 heavy (non-hydrogen) atoms. The molecule has 1 N–H and O–H groups in total. The summed E-state index contributed by atoms with van der Waals surface area (Å²) in [5.41, 5.74) is 1.77. The molecule has 0 unspecified atom stereocenters. The number of methoxy groups -OCH3 is 1. The number of hydrogen-bond donors (Lipinski definition) is 1. The average Bonchev–Trinajstić information content (AvgIpc) is 2.74. The number of ether oxygens (including phenoxy) is 2. The van der Waals surface area contributed by atoms with E-state index in [1.54, 1.807) is 12.1 Å². The second kappa shape index (κ2) is 10.1. The first kappa shape index (κ1) is 23.1. The smallest absolute Gasteiger partial charge is 0.348 e. The number of nitro groups is 1. The van der Waals surface area contributed by atoms with Gasteiger partial charge in [0.15, 0.2) is 0 Å². The van der Waals surface area contributed by atoms with Crippen LogP contribution in [-0.2, 0) is 4.74 Å². The van der Waals surface area contributed by atoms with Gasteiger partial charge in [-0.1, -0.05) is 41.4 Å². The number of carbonyl (C=O) groups excluding carboxylic acids is 1. The fourth-order valence-corrected chi connectivity index (χ4v) is 3.22. The third-order valence-corrected chi connectivity index (χ3v) is 4.90. The van der Waals surface area contributed by atoms with Gasteiger partial charge in [0.1, 0.15) is 16.5 Å². The Bertz CT molecular complexity index is 1210. The number of urea groups is 1. The van der Waals surface area contributed by atoms with Crippen molar-refractivity contribution in [1.82, 2.24) is 0 Å². The van der Waals surface area contributed by atoms with E-state index in [1.165, 1.54) is 37.4 Å². The van der Waals surface area contributed by atoms with Crippen LogP contribution in [0.3, 0.4) is 0 Å². The molecule has 10 heteroatoms. The molecule has 0 aliphatic heterocycles. The number of rotatable bonds is 5. The SMILES string of the molecule is COC(=NC(=O)Nc1ccc(Oc2ccc([N+](=O)[O-])c(Cl)c2)c(Cl)c1)c1ccccc1C. The van der Waals surface area contributed by atoms with Gasteiger partial charge in [-0.2, -0.15) is 4.99 Å². The number of benzene rings is 3. The van der Waals surface area contributed by atoms with Crippen LogP contribution >= 0.6 is 23.2 Å². The van der Waals surface area contributed by atoms with E-state index in [-0.39, 0.29) is 33.1 Å². The van der Waals surface area contributed by atoms with Gasteiger partial charge in [-0.25, -0.2) is 4.79 Å². The number of amides is 2. The Morgan fingerprint density at radius 1 is 1.06 bits per heavy atom. The molecule has 164 valence electrons. The van der Waals surface area contributed by atoms with Crippen LogP contribution in [0.5, 0.6) is 11.5 Å². The lowest BCUT2D eigenvalue weighted by atomic mass is 10.1. The normalized spacial score (nSPS) is 11.1. The van der Waals surface area contributed by atoms with Crippen LogP contribution in [-0.4, -0.2) is 24.0 Å². The Balaban J connectivity index is 1.74. The quantitative estimate of drug-likeness (QED) is 0.194. The number of carbonyl (C=O) groups is 1. The fraction of sp³-hybridized carbons (Fsp3) is 0.0909. The maximum absolute atomic E-state index is 12.4. The molecular weight excluding hydrogens is 457 g/mol. The number of nitrogens with one attached hydrogen (secondary N) is 1. The molecule has 0 atom stereocenters. The lowest BCUT2D eigenvalue weighted by Crippen LogP contribution is -2.13. The summed E-state index contributed by atoms with van der Waals surface area (Å²) in [6.07, 6.45) is 0. The van der Waals surface area contributed by atoms with E-state index in [0.29, 0.717) is 11.3 Å². The summed E-state index contributed by atoms with van der Waals surface area (Å²) >= 11 is 12.2. The van der Waals surface area contributed by atoms with Crippen LogP contribution < -0.4 is 10.1 Å². The van der Waals surface area contributed by atoms with Crippen molar-refractivity contribution in [2.45, 2.75) is 6.92 Å². The van der Waals surface area contributed by atoms with Crippen LogP contribution in [0, 0.1) is 17.0 Å². The number of halogens is 2. The minimum absolute atomic E-state index is 0.0621. The molecule has 3 aromatic rings. The van der Waals surface area contributed by atoms with Gasteiger partial charge in [-0.05, 0) is 42.8 Å². The number of aliphatic imine (C=N–C) groups is 1. The zero-order valence-corrected chi connectivity index (χ0v) is 18.5. The molecule has 0 aliphatic carbocycles. The maximum Gasteiger partial charge on any atom is 0.348 e. The highest BCUT2D eigenvalue weighted by molar-refractivity contribution is 6.33. The molecule has 3 aromatic carbocycles. The highest BCUT2D eigenvalue weighted by Gasteiger charge is 2.14. The van der Waals surface area contributed by atoms with E-state index in [0.717, 1.165) is 5.56 Å². The van der Waals surface area contributed by atoms with Crippen molar-refractivity contribution in [1.29, 1.82) is 0 Å². The molecule has 0 radical (unpaired) electrons. The second-order valence-corrected chi connectivity index (χ2v) is 7.30. The van der Waals surface area contributed by atoms with E-state index in [2.05, 4.69) is 10.3 Å². The molecule has 0 aromatic heterocycles. The van der Waals surface area contributed by atoms with E-state index >= 15 is 0 Å². The Kier molecular flexibility index (Phi) is 7.29. The number of aryl methyl sites for hydroxylation is 1. The Hall–Kier alpha value is -3.62. The number of hydrogen-bond acceptors (Lipinski definition) is 5. The van der Waals surface area contributed by atoms with Gasteiger partial charge in [-0.15, -0.1) is 0 Å². The van der Waals surface area contributed by atoms with Crippen LogP contribution in [0.25, 0.3) is 0 Å². The zero-order chi connectivity index (χ0) is 23.3. The summed E-state index contributed by atoms with van der Waals surface area (Å²) in [4.78, 5) is 26.6. The van der Waals surface area contributed by atoms with Gasteiger partial charge in [0.25, 0.3) is 5.69 Å². The van der Waals surface area contributed by atoms with Gasteiger partial charge in [0.2, 0.25) is 5.90 Å². The predicted octanol–water partition coefficient (Wildman–Crippen LogP) is 6.63. The standard InChI is InChI=1S/C22H17Cl2N3O5/c1-13-5-3-4-6-16(13)21(31-2)26-22(28)25-14-7-10-20(18(24)11-14)32-15-8-9-19(27(29)30)17(23)12-15/h3-12H,1-2H3,(H,25,28). The molecular formula is C22H17Cl2N3O5. The topological polar surface area (TPSA) is 103 Å². The molecule has 2 amide bonds. The molecule has 0 heterocycles. The summed E-state index contributed by atoms with van der Waals surface area (Å²) < 4.78 is 10.9. The Labute approximate surface area is 193 Å². The first-order valence-electron chi connectivity index (χ1n) is 9.19. The monoisotopic (exact) mass is 473 g/mol. The van der Waals surface area contributed by atoms with E-state index in [9.17, 15) is 14.9 Å². The molecule has 0 fully saturated rings. The van der Waals surface area contributed by atoms with Crippen molar-refractivity contribution in [3.05, 3.63) is 92.0 Å². The van der Waals surface area contributed by atoms with Crippen molar-refractivity contribution in [2.75, 3.05) is 12.4 Å². The molecule has 3 rings (SSSR count). The molecule has 0 saturated heterocycles. The lowest BCUT2D eigenvalue weighted by Gasteiger charge is -2.10. The highest BCUT2D eigenvalue weighted by atomic mass is 35.5. The summed E-state index contributed by atoms with van der Waals surface area (Å²) in [5, 5.41) is 13.6. The van der Waals surface area contributed by atoms with Crippen molar-refractivity contribution in [3.8, 4) is 11.5 Å². The van der Waals surface area contributed by atoms with Gasteiger partial charge >= 0.3 is 6.03 Å². The average molecular weight is 474 g/mol. The number of nitrogens with zero attached hydrogens (tertiary/aromatic N) is 2. The minimum atomic E-state index is -0.642. The predicted molar refractivity (Wildman–Crippen MR) is 123 cm³/mol. The molecule has 0 saturated carbocycles. The van der Waals surface area contributed by atoms with Crippen molar-refractivity contribution in [3.63, 3.8) is 0 Å². The third kappa shape index (κ3) is 5.54. The molecule has 0 bridgehead atoms. The first-order chi connectivity index (χ1) is 15.3. The van der Waals surface area contributed by atoms with E-state index in [1.807, 2.05) is 25.1 Å². The molecule has 0 aliphatic rings. The lowest BCUT2D eigenvalue weighted by molar-refractivity contribution is -0.384. The van der Waals surface area contributed by atoms with Crippen LogP contribution in [0.4, 0.5) is 16.2 Å². The summed E-state index contributed by atoms with van der Waals surface area (Å²) in [7, 11) is 1.44. The summed E-state index contributed by atoms with van der Waals surface area (Å²) in [5.74, 6) is 0.726. The maximum atomic E-state index is 12.4. The van der Waals surface area contributed by atoms with Crippen LogP contribution in [0.1, 0.15) is 11.1 Å². The number of anilines is 1. The zero-order valence-electron chi connectivity index (χ0n) is 17.0. The van der Waals surface area contributed by atoms with Crippen molar-refractivity contribution >= 4 is 46.5 Å². The second-order valence-electron chi connectivity index (χ2n) is 6.48. The highest BCUT2D eigenvalue weighted by Crippen LogP contribution is 2.35. The van der Waals surface area contributed by atoms with Gasteiger partial charge in [0.05, 0.1) is 17.1 Å². The van der Waals surface area contributed by atoms with Gasteiger partial charge < -0.3 is 14.8 Å². The molecule has 8 nitrogen and oxygen atoms in total. The first-order valence-corrected chi connectivity index (χ1v) is 9.95.